The van der Waals surface area contributed by atoms with Crippen LogP contribution in [0, 0.1) is 0 Å². The zero-order chi connectivity index (χ0) is 13.7. The lowest BCUT2D eigenvalue weighted by atomic mass is 11.7. The van der Waals surface area contributed by atoms with Crippen LogP contribution in [0.2, 0.25) is 37.5 Å². The number of rotatable bonds is 8. The average Bonchev–Trinajstić information content (AvgIpc) is 2.27. The summed E-state index contributed by atoms with van der Waals surface area (Å²) >= 11 is 0. The van der Waals surface area contributed by atoms with E-state index in [2.05, 4.69) is 26.2 Å². The first-order valence-corrected chi connectivity index (χ1v) is 14.3. The van der Waals surface area contributed by atoms with E-state index in [1.54, 1.807) is 28.4 Å². The summed E-state index contributed by atoms with van der Waals surface area (Å²) in [5.74, 6) is 0. The summed E-state index contributed by atoms with van der Waals surface area (Å²) in [6, 6.07) is 0. The summed E-state index contributed by atoms with van der Waals surface area (Å²) in [6.45, 7) is 8.81. The van der Waals surface area contributed by atoms with Gasteiger partial charge in [-0.1, -0.05) is 0 Å². The largest absolute Gasteiger partial charge is 0.421 e. The van der Waals surface area contributed by atoms with Gasteiger partial charge >= 0.3 is 8.56 Å². The molecule has 0 saturated heterocycles. The number of hydrogen-bond acceptors (Lipinski definition) is 4. The molecule has 104 valence electrons. The van der Waals surface area contributed by atoms with Gasteiger partial charge in [0.1, 0.15) is 0 Å². The van der Waals surface area contributed by atoms with E-state index in [1.165, 1.54) is 0 Å². The van der Waals surface area contributed by atoms with Crippen LogP contribution in [0.4, 0.5) is 0 Å². The maximum atomic E-state index is 5.79. The maximum absolute atomic E-state index is 5.79. The molecule has 0 aromatic heterocycles. The van der Waals surface area contributed by atoms with Crippen molar-refractivity contribution in [2.24, 2.45) is 0 Å². The third-order valence-electron chi connectivity index (χ3n) is 3.24. The van der Waals surface area contributed by atoms with Crippen molar-refractivity contribution < 1.29 is 17.7 Å². The molecule has 4 nitrogen and oxygen atoms in total. The molecule has 0 bridgehead atoms. The highest BCUT2D eigenvalue weighted by Crippen LogP contribution is 2.29. The molecule has 0 aliphatic rings. The molecule has 0 rings (SSSR count). The molecule has 0 N–H and O–H groups in total. The fraction of sp³-hybridized carbons (Fsp3) is 1.00. The van der Waals surface area contributed by atoms with E-state index in [-0.39, 0.29) is 0 Å². The molecule has 0 heterocycles. The Bertz CT molecular complexity index is 210. The minimum atomic E-state index is -2.18. The predicted molar refractivity (Wildman–Crippen MR) is 78.4 cm³/mol. The van der Waals surface area contributed by atoms with Crippen molar-refractivity contribution in [3.05, 3.63) is 0 Å². The molecule has 0 fully saturated rings. The highest BCUT2D eigenvalue weighted by atomic mass is 28.4. The molecular formula is C10H28O4Si3. The first kappa shape index (κ1) is 17.5. The summed E-state index contributed by atoms with van der Waals surface area (Å²) in [5.41, 5.74) is 1.90. The van der Waals surface area contributed by atoms with Crippen LogP contribution in [0.1, 0.15) is 0 Å². The van der Waals surface area contributed by atoms with Crippen molar-refractivity contribution in [3.63, 3.8) is 0 Å². The lowest BCUT2D eigenvalue weighted by molar-refractivity contribution is 0.246. The molecule has 17 heavy (non-hydrogen) atoms. The molecular weight excluding hydrogens is 268 g/mol. The highest BCUT2D eigenvalue weighted by Gasteiger charge is 2.47. The third kappa shape index (κ3) is 5.77. The van der Waals surface area contributed by atoms with Gasteiger partial charge in [-0.05, 0) is 26.2 Å². The van der Waals surface area contributed by atoms with Crippen molar-refractivity contribution >= 4 is 25.2 Å². The van der Waals surface area contributed by atoms with E-state index in [1.807, 2.05) is 0 Å². The van der Waals surface area contributed by atoms with E-state index in [0.717, 1.165) is 11.3 Å². The summed E-state index contributed by atoms with van der Waals surface area (Å²) in [6.07, 6.45) is 0. The molecule has 0 aromatic rings. The minimum absolute atomic E-state index is 0.948. The van der Waals surface area contributed by atoms with Gasteiger partial charge in [0.25, 0.3) is 0 Å². The smallest absolute Gasteiger partial charge is 0.336 e. The lowest BCUT2D eigenvalue weighted by Crippen LogP contribution is -2.54. The summed E-state index contributed by atoms with van der Waals surface area (Å²) in [5, 5.41) is 0. The molecule has 0 radical (unpaired) electrons. The van der Waals surface area contributed by atoms with Gasteiger partial charge in [0.2, 0.25) is 0 Å². The summed E-state index contributed by atoms with van der Waals surface area (Å²) in [4.78, 5) is 0. The Balaban J connectivity index is 4.91. The van der Waals surface area contributed by atoms with Crippen LogP contribution >= 0.6 is 0 Å². The zero-order valence-corrected chi connectivity index (χ0v) is 15.5. The summed E-state index contributed by atoms with van der Waals surface area (Å²) < 4.78 is 22.8. The van der Waals surface area contributed by atoms with Gasteiger partial charge in [-0.2, -0.15) is 0 Å². The van der Waals surface area contributed by atoms with Crippen LogP contribution in [-0.4, -0.2) is 53.6 Å². The Morgan fingerprint density at radius 2 is 0.882 bits per heavy atom. The first-order valence-electron chi connectivity index (χ1n) is 5.86. The third-order valence-corrected chi connectivity index (χ3v) is 18.1. The van der Waals surface area contributed by atoms with Gasteiger partial charge in [-0.25, -0.2) is 0 Å². The monoisotopic (exact) mass is 296 g/mol. The molecule has 0 aliphatic heterocycles. The molecule has 0 amide bonds. The highest BCUT2D eigenvalue weighted by molar-refractivity contribution is 6.95. The second kappa shape index (κ2) is 6.60. The van der Waals surface area contributed by atoms with Crippen LogP contribution in [0.25, 0.3) is 0 Å². The van der Waals surface area contributed by atoms with Crippen LogP contribution in [0.3, 0.4) is 0 Å². The van der Waals surface area contributed by atoms with Crippen molar-refractivity contribution in [3.8, 4) is 0 Å². The Morgan fingerprint density at radius 1 is 0.588 bits per heavy atom. The molecule has 0 aliphatic carbocycles. The van der Waals surface area contributed by atoms with E-state index >= 15 is 0 Å². The fourth-order valence-electron chi connectivity index (χ4n) is 1.88. The van der Waals surface area contributed by atoms with Crippen molar-refractivity contribution in [1.29, 1.82) is 0 Å². The topological polar surface area (TPSA) is 36.9 Å². The average molecular weight is 297 g/mol. The van der Waals surface area contributed by atoms with Crippen LogP contribution in [0.5, 0.6) is 0 Å². The van der Waals surface area contributed by atoms with E-state index in [4.69, 9.17) is 17.7 Å². The van der Waals surface area contributed by atoms with Crippen molar-refractivity contribution in [2.75, 3.05) is 28.4 Å². The predicted octanol–water partition coefficient (Wildman–Crippen LogP) is 2.50. The molecule has 0 unspecified atom stereocenters. The van der Waals surface area contributed by atoms with Crippen LogP contribution in [-0.2, 0) is 17.7 Å². The Hall–Kier alpha value is 0.491. The fourth-order valence-corrected chi connectivity index (χ4v) is 17.5. The van der Waals surface area contributed by atoms with Crippen LogP contribution < -0.4 is 0 Å². The Morgan fingerprint density at radius 3 is 1.06 bits per heavy atom. The standard InChI is InChI=1S/C10H28O4Si3/c1-11-15(5,6)9-17(13-3,14-4)10-16(7,8)12-2/h9-10H2,1-8H3. The van der Waals surface area contributed by atoms with Crippen molar-refractivity contribution in [2.45, 2.75) is 37.5 Å². The molecule has 0 saturated carbocycles. The lowest BCUT2D eigenvalue weighted by Gasteiger charge is -2.37. The van der Waals surface area contributed by atoms with Gasteiger partial charge in [-0.3, -0.25) is 0 Å². The second-order valence-corrected chi connectivity index (χ2v) is 18.9. The van der Waals surface area contributed by atoms with Gasteiger partial charge in [-0.15, -0.1) is 0 Å². The molecule has 7 heteroatoms. The van der Waals surface area contributed by atoms with Gasteiger partial charge < -0.3 is 17.7 Å². The SMILES string of the molecule is CO[Si](C)(C)C[Si](C[Si](C)(C)OC)(OC)OC. The van der Waals surface area contributed by atoms with E-state index < -0.39 is 25.2 Å². The summed E-state index contributed by atoms with van der Waals surface area (Å²) in [7, 11) is 1.53. The Kier molecular flexibility index (Phi) is 6.79. The van der Waals surface area contributed by atoms with Crippen molar-refractivity contribution in [1.82, 2.24) is 0 Å². The zero-order valence-electron chi connectivity index (χ0n) is 12.5. The maximum Gasteiger partial charge on any atom is 0.336 e. The van der Waals surface area contributed by atoms with Crippen LogP contribution in [0.15, 0.2) is 0 Å². The molecule has 0 atom stereocenters. The minimum Gasteiger partial charge on any atom is -0.421 e. The Labute approximate surface area is 109 Å². The quantitative estimate of drug-likeness (QED) is 0.645. The van der Waals surface area contributed by atoms with Gasteiger partial charge in [0.05, 0.1) is 0 Å². The number of hydrogen-bond donors (Lipinski definition) is 0. The first-order chi connectivity index (χ1) is 7.66. The second-order valence-electron chi connectivity index (χ2n) is 5.60. The van der Waals surface area contributed by atoms with Gasteiger partial charge in [0, 0.05) is 39.8 Å². The normalized spacial score (nSPS) is 14.1. The molecule has 0 aromatic carbocycles. The van der Waals surface area contributed by atoms with E-state index in [0.29, 0.717) is 0 Å². The van der Waals surface area contributed by atoms with E-state index in [9.17, 15) is 0 Å². The molecule has 0 spiro atoms. The van der Waals surface area contributed by atoms with Gasteiger partial charge in [0.15, 0.2) is 16.6 Å².